The molecular weight excluding hydrogens is 224 g/mol. The maximum atomic E-state index is 5.88. The fraction of sp³-hybridized carbons (Fsp3) is 0.333. The average Bonchev–Trinajstić information content (AvgIpc) is 2.48. The highest BCUT2D eigenvalue weighted by Crippen LogP contribution is 2.24. The van der Waals surface area contributed by atoms with Gasteiger partial charge in [-0.05, 0) is 45.4 Å². The molecule has 0 radical (unpaired) electrons. The maximum absolute atomic E-state index is 5.88. The quantitative estimate of drug-likeness (QED) is 0.792. The molecule has 0 saturated heterocycles. The molecule has 0 saturated carbocycles. The Kier molecular flexibility index (Phi) is 3.60. The summed E-state index contributed by atoms with van der Waals surface area (Å²) < 4.78 is 5.88. The Morgan fingerprint density at radius 2 is 1.89 bits per heavy atom. The number of pyridine rings is 1. The molecule has 0 atom stereocenters. The van der Waals surface area contributed by atoms with Crippen molar-refractivity contribution < 1.29 is 4.74 Å². The summed E-state index contributed by atoms with van der Waals surface area (Å²) in [5.41, 5.74) is 4.16. The highest BCUT2D eigenvalue weighted by atomic mass is 16.5. The number of aromatic nitrogens is 1. The van der Waals surface area contributed by atoms with Gasteiger partial charge in [-0.3, -0.25) is 4.98 Å². The summed E-state index contributed by atoms with van der Waals surface area (Å²) >= 11 is 0. The first-order valence-electron chi connectivity index (χ1n) is 6.10. The van der Waals surface area contributed by atoms with Crippen molar-refractivity contribution in [1.82, 2.24) is 4.98 Å². The lowest BCUT2D eigenvalue weighted by molar-refractivity contribution is 0.410. The molecule has 0 fully saturated rings. The lowest BCUT2D eigenvalue weighted by Crippen LogP contribution is -2.00. The molecule has 3 heteroatoms. The van der Waals surface area contributed by atoms with Crippen molar-refractivity contribution in [1.29, 1.82) is 0 Å². The SMILES string of the molecule is CC1=CCC=NC(Oc2ccc(C)nc2C)=C1C. The van der Waals surface area contributed by atoms with Crippen molar-refractivity contribution in [3.8, 4) is 5.75 Å². The molecule has 18 heavy (non-hydrogen) atoms. The van der Waals surface area contributed by atoms with E-state index in [-0.39, 0.29) is 0 Å². The van der Waals surface area contributed by atoms with Gasteiger partial charge in [-0.2, -0.15) is 0 Å². The molecule has 0 aliphatic carbocycles. The van der Waals surface area contributed by atoms with Crippen molar-refractivity contribution in [2.75, 3.05) is 0 Å². The van der Waals surface area contributed by atoms with Crippen molar-refractivity contribution in [3.05, 3.63) is 46.6 Å². The van der Waals surface area contributed by atoms with Gasteiger partial charge in [-0.1, -0.05) is 6.08 Å². The van der Waals surface area contributed by atoms with Gasteiger partial charge < -0.3 is 4.74 Å². The van der Waals surface area contributed by atoms with Crippen LogP contribution in [0.15, 0.2) is 40.2 Å². The first kappa shape index (κ1) is 12.6. The van der Waals surface area contributed by atoms with E-state index < -0.39 is 0 Å². The Hall–Kier alpha value is -1.90. The van der Waals surface area contributed by atoms with Crippen molar-refractivity contribution in [2.45, 2.75) is 34.1 Å². The largest absolute Gasteiger partial charge is 0.437 e. The second-order valence-corrected chi connectivity index (χ2v) is 4.50. The first-order valence-corrected chi connectivity index (χ1v) is 6.10. The summed E-state index contributed by atoms with van der Waals surface area (Å²) in [6.45, 7) is 8.02. The molecular formula is C15H18N2O. The number of hydrogen-bond donors (Lipinski definition) is 0. The van der Waals surface area contributed by atoms with Gasteiger partial charge in [0.1, 0.15) is 0 Å². The zero-order chi connectivity index (χ0) is 13.1. The van der Waals surface area contributed by atoms with Gasteiger partial charge in [0, 0.05) is 23.9 Å². The van der Waals surface area contributed by atoms with Crippen LogP contribution in [0.1, 0.15) is 31.7 Å². The molecule has 0 bridgehead atoms. The Balaban J connectivity index is 2.33. The summed E-state index contributed by atoms with van der Waals surface area (Å²) in [6.07, 6.45) is 4.86. The normalized spacial score (nSPS) is 15.4. The Morgan fingerprint density at radius 1 is 1.11 bits per heavy atom. The van der Waals surface area contributed by atoms with E-state index in [1.807, 2.05) is 39.1 Å². The van der Waals surface area contributed by atoms with E-state index in [2.05, 4.69) is 23.0 Å². The van der Waals surface area contributed by atoms with Gasteiger partial charge in [0.05, 0.1) is 5.69 Å². The molecule has 2 heterocycles. The van der Waals surface area contributed by atoms with E-state index in [1.165, 1.54) is 5.57 Å². The van der Waals surface area contributed by atoms with Gasteiger partial charge in [0.15, 0.2) is 5.75 Å². The molecule has 0 aromatic carbocycles. The minimum atomic E-state index is 0.662. The molecule has 1 aliphatic rings. The van der Waals surface area contributed by atoms with Crippen LogP contribution in [0, 0.1) is 13.8 Å². The van der Waals surface area contributed by atoms with Gasteiger partial charge in [0.2, 0.25) is 5.88 Å². The van der Waals surface area contributed by atoms with Crippen LogP contribution in [0.25, 0.3) is 0 Å². The highest BCUT2D eigenvalue weighted by Gasteiger charge is 2.10. The predicted molar refractivity (Wildman–Crippen MR) is 73.9 cm³/mol. The van der Waals surface area contributed by atoms with Crippen LogP contribution in [0.3, 0.4) is 0 Å². The summed E-state index contributed by atoms with van der Waals surface area (Å²) in [7, 11) is 0. The molecule has 1 aromatic rings. The third-order valence-electron chi connectivity index (χ3n) is 3.03. The average molecular weight is 242 g/mol. The van der Waals surface area contributed by atoms with Gasteiger partial charge in [-0.15, -0.1) is 0 Å². The minimum Gasteiger partial charge on any atom is -0.437 e. The predicted octanol–water partition coefficient (Wildman–Crippen LogP) is 3.73. The van der Waals surface area contributed by atoms with Crippen LogP contribution >= 0.6 is 0 Å². The second kappa shape index (κ2) is 5.17. The van der Waals surface area contributed by atoms with Gasteiger partial charge in [0.25, 0.3) is 0 Å². The van der Waals surface area contributed by atoms with Crippen LogP contribution in [0.4, 0.5) is 0 Å². The summed E-state index contributed by atoms with van der Waals surface area (Å²) in [4.78, 5) is 8.76. The lowest BCUT2D eigenvalue weighted by atomic mass is 10.1. The molecule has 0 spiro atoms. The van der Waals surface area contributed by atoms with Crippen molar-refractivity contribution in [2.24, 2.45) is 4.99 Å². The molecule has 0 N–H and O–H groups in total. The number of rotatable bonds is 2. The van der Waals surface area contributed by atoms with E-state index in [1.54, 1.807) is 0 Å². The van der Waals surface area contributed by atoms with E-state index in [0.29, 0.717) is 5.88 Å². The third-order valence-corrected chi connectivity index (χ3v) is 3.03. The van der Waals surface area contributed by atoms with Gasteiger partial charge in [-0.25, -0.2) is 4.99 Å². The zero-order valence-electron chi connectivity index (χ0n) is 11.3. The minimum absolute atomic E-state index is 0.662. The van der Waals surface area contributed by atoms with Crippen LogP contribution in [0.5, 0.6) is 5.75 Å². The first-order chi connectivity index (χ1) is 8.58. The van der Waals surface area contributed by atoms with E-state index in [4.69, 9.17) is 4.74 Å². The number of aryl methyl sites for hydroxylation is 2. The second-order valence-electron chi connectivity index (χ2n) is 4.50. The van der Waals surface area contributed by atoms with Crippen LogP contribution in [0.2, 0.25) is 0 Å². The van der Waals surface area contributed by atoms with E-state index in [0.717, 1.165) is 29.1 Å². The highest BCUT2D eigenvalue weighted by molar-refractivity contribution is 5.63. The maximum Gasteiger partial charge on any atom is 0.222 e. The fourth-order valence-corrected chi connectivity index (χ4v) is 1.77. The monoisotopic (exact) mass is 242 g/mol. The van der Waals surface area contributed by atoms with Crippen molar-refractivity contribution >= 4 is 6.21 Å². The van der Waals surface area contributed by atoms with E-state index in [9.17, 15) is 0 Å². The number of aliphatic imine (C=N–C) groups is 1. The van der Waals surface area contributed by atoms with E-state index >= 15 is 0 Å². The molecule has 0 amide bonds. The standard InChI is InChI=1S/C15H18N2O/c1-10-6-5-9-16-15(12(10)3)18-14-8-7-11(2)17-13(14)4/h6-9H,5H2,1-4H3. The molecule has 1 aromatic heterocycles. The fourth-order valence-electron chi connectivity index (χ4n) is 1.77. The number of hydrogen-bond acceptors (Lipinski definition) is 3. The Bertz CT molecular complexity index is 554. The Labute approximate surface area is 108 Å². The Morgan fingerprint density at radius 3 is 2.61 bits per heavy atom. The summed E-state index contributed by atoms with van der Waals surface area (Å²) in [5, 5.41) is 0. The van der Waals surface area contributed by atoms with Crippen molar-refractivity contribution in [3.63, 3.8) is 0 Å². The molecule has 0 unspecified atom stereocenters. The van der Waals surface area contributed by atoms with Crippen LogP contribution in [-0.4, -0.2) is 11.2 Å². The summed E-state index contributed by atoms with van der Waals surface area (Å²) in [5.74, 6) is 1.43. The molecule has 94 valence electrons. The van der Waals surface area contributed by atoms with Gasteiger partial charge >= 0.3 is 0 Å². The zero-order valence-corrected chi connectivity index (χ0v) is 11.3. The topological polar surface area (TPSA) is 34.5 Å². The smallest absolute Gasteiger partial charge is 0.222 e. The molecule has 1 aliphatic heterocycles. The summed E-state index contributed by atoms with van der Waals surface area (Å²) in [6, 6.07) is 3.89. The van der Waals surface area contributed by atoms with Crippen LogP contribution in [-0.2, 0) is 0 Å². The number of ether oxygens (including phenoxy) is 1. The van der Waals surface area contributed by atoms with Crippen LogP contribution < -0.4 is 4.74 Å². The third kappa shape index (κ3) is 2.67. The lowest BCUT2D eigenvalue weighted by Gasteiger charge is -2.11. The number of nitrogens with zero attached hydrogens (tertiary/aromatic N) is 2. The molecule has 3 nitrogen and oxygen atoms in total. The number of allylic oxidation sites excluding steroid dienone is 3. The molecule has 2 rings (SSSR count).